The lowest BCUT2D eigenvalue weighted by molar-refractivity contribution is -0.383. The zero-order valence-corrected chi connectivity index (χ0v) is 13.6. The van der Waals surface area contributed by atoms with Crippen LogP contribution in [-0.2, 0) is 9.59 Å². The van der Waals surface area contributed by atoms with Gasteiger partial charge < -0.3 is 10.6 Å². The summed E-state index contributed by atoms with van der Waals surface area (Å²) in [5.41, 5.74) is 0.617. The lowest BCUT2D eigenvalue weighted by Crippen LogP contribution is -2.15. The number of hydrogen-bond acceptors (Lipinski definition) is 5. The molecule has 0 saturated carbocycles. The number of carbonyl (C=O) groups excluding carboxylic acids is 2. The molecule has 2 amide bonds. The normalized spacial score (nSPS) is 10.0. The summed E-state index contributed by atoms with van der Waals surface area (Å²) in [6.07, 6.45) is 0. The van der Waals surface area contributed by atoms with Crippen molar-refractivity contribution in [3.05, 3.63) is 58.6 Å². The summed E-state index contributed by atoms with van der Waals surface area (Å²) in [6, 6.07) is 13.1. The predicted molar refractivity (Wildman–Crippen MR) is 93.2 cm³/mol. The number of anilines is 2. The molecule has 2 rings (SSSR count). The van der Waals surface area contributed by atoms with Crippen LogP contribution >= 0.6 is 11.8 Å². The molecule has 0 saturated heterocycles. The van der Waals surface area contributed by atoms with E-state index in [0.717, 1.165) is 4.90 Å². The van der Waals surface area contributed by atoms with Gasteiger partial charge in [0.05, 0.1) is 16.4 Å². The van der Waals surface area contributed by atoms with Crippen molar-refractivity contribution in [2.24, 2.45) is 0 Å². The molecule has 0 fully saturated rings. The molecule has 0 aromatic heterocycles. The summed E-state index contributed by atoms with van der Waals surface area (Å²) in [4.78, 5) is 34.4. The van der Waals surface area contributed by atoms with E-state index < -0.39 is 4.92 Å². The smallest absolute Gasteiger partial charge is 0.292 e. The fourth-order valence-corrected chi connectivity index (χ4v) is 2.76. The van der Waals surface area contributed by atoms with E-state index in [1.54, 1.807) is 30.3 Å². The largest absolute Gasteiger partial charge is 0.325 e. The van der Waals surface area contributed by atoms with Gasteiger partial charge in [0.25, 0.3) is 5.69 Å². The molecule has 24 heavy (non-hydrogen) atoms. The number of carbonyl (C=O) groups is 2. The van der Waals surface area contributed by atoms with Crippen molar-refractivity contribution >= 4 is 40.6 Å². The van der Waals surface area contributed by atoms with Gasteiger partial charge in [-0.3, -0.25) is 19.7 Å². The molecule has 0 radical (unpaired) electrons. The van der Waals surface area contributed by atoms with Gasteiger partial charge in [0.2, 0.25) is 11.8 Å². The van der Waals surface area contributed by atoms with Crippen LogP contribution in [0.1, 0.15) is 6.92 Å². The topological polar surface area (TPSA) is 101 Å². The molecule has 0 aliphatic carbocycles. The third-order valence-corrected chi connectivity index (χ3v) is 4.00. The quantitative estimate of drug-likeness (QED) is 0.475. The molecule has 0 atom stereocenters. The van der Waals surface area contributed by atoms with Crippen LogP contribution < -0.4 is 10.6 Å². The Morgan fingerprint density at radius 2 is 1.67 bits per heavy atom. The maximum atomic E-state index is 12.1. The predicted octanol–water partition coefficient (Wildman–Crippen LogP) is 3.28. The minimum atomic E-state index is -0.547. The number of nitro groups is 1. The highest BCUT2D eigenvalue weighted by molar-refractivity contribution is 8.00. The number of nitro benzene ring substituents is 1. The van der Waals surface area contributed by atoms with Crippen LogP contribution in [-0.4, -0.2) is 22.5 Å². The van der Waals surface area contributed by atoms with Crippen molar-refractivity contribution in [3.8, 4) is 0 Å². The highest BCUT2D eigenvalue weighted by atomic mass is 32.2. The second-order valence-electron chi connectivity index (χ2n) is 4.79. The molecule has 2 aromatic rings. The van der Waals surface area contributed by atoms with Crippen LogP contribution in [0.3, 0.4) is 0 Å². The van der Waals surface area contributed by atoms with Crippen LogP contribution in [0.4, 0.5) is 17.1 Å². The number of hydrogen-bond donors (Lipinski definition) is 2. The van der Waals surface area contributed by atoms with Crippen LogP contribution in [0.5, 0.6) is 0 Å². The van der Waals surface area contributed by atoms with E-state index in [-0.39, 0.29) is 28.9 Å². The molecule has 0 aliphatic rings. The minimum absolute atomic E-state index is 0.0582. The van der Waals surface area contributed by atoms with Crippen molar-refractivity contribution in [2.45, 2.75) is 11.8 Å². The number of rotatable bonds is 6. The molecule has 124 valence electrons. The third kappa shape index (κ3) is 4.82. The van der Waals surface area contributed by atoms with Gasteiger partial charge in [0, 0.05) is 17.9 Å². The molecule has 0 aliphatic heterocycles. The number of benzene rings is 2. The van der Waals surface area contributed by atoms with E-state index in [2.05, 4.69) is 10.6 Å². The molecule has 0 heterocycles. The monoisotopic (exact) mass is 345 g/mol. The van der Waals surface area contributed by atoms with Crippen LogP contribution in [0.15, 0.2) is 53.4 Å². The molecule has 2 aromatic carbocycles. The first-order valence-electron chi connectivity index (χ1n) is 7.00. The Kier molecular flexibility index (Phi) is 5.91. The van der Waals surface area contributed by atoms with Crippen molar-refractivity contribution in [3.63, 3.8) is 0 Å². The Morgan fingerprint density at radius 1 is 1.04 bits per heavy atom. The Morgan fingerprint density at radius 3 is 2.33 bits per heavy atom. The molecule has 7 nitrogen and oxygen atoms in total. The Labute approximate surface area is 142 Å². The van der Waals surface area contributed by atoms with Gasteiger partial charge in [-0.25, -0.2) is 0 Å². The van der Waals surface area contributed by atoms with Gasteiger partial charge in [-0.05, 0) is 18.2 Å². The van der Waals surface area contributed by atoms with E-state index in [1.807, 2.05) is 0 Å². The third-order valence-electron chi connectivity index (χ3n) is 2.93. The average Bonchev–Trinajstić information content (AvgIpc) is 2.54. The highest BCUT2D eigenvalue weighted by Crippen LogP contribution is 2.28. The van der Waals surface area contributed by atoms with Gasteiger partial charge in [0.15, 0.2) is 0 Å². The number of amides is 2. The summed E-state index contributed by atoms with van der Waals surface area (Å²) in [7, 11) is 0. The standard InChI is InChI=1S/C16H15N3O4S/c1-11(20)17-13-7-3-5-9-15(13)24-10-16(21)18-12-6-2-4-8-14(12)19(22)23/h2-9H,10H2,1H3,(H,17,20)(H,18,21). The van der Waals surface area contributed by atoms with Crippen LogP contribution in [0.2, 0.25) is 0 Å². The second-order valence-corrected chi connectivity index (χ2v) is 5.81. The van der Waals surface area contributed by atoms with E-state index in [4.69, 9.17) is 0 Å². The zero-order valence-electron chi connectivity index (χ0n) is 12.8. The summed E-state index contributed by atoms with van der Waals surface area (Å²) < 4.78 is 0. The first-order valence-corrected chi connectivity index (χ1v) is 7.98. The van der Waals surface area contributed by atoms with Gasteiger partial charge >= 0.3 is 0 Å². The number of nitrogens with zero attached hydrogens (tertiary/aromatic N) is 1. The van der Waals surface area contributed by atoms with Crippen LogP contribution in [0, 0.1) is 10.1 Å². The zero-order chi connectivity index (χ0) is 17.5. The molecular weight excluding hydrogens is 330 g/mol. The van der Waals surface area contributed by atoms with Gasteiger partial charge in [0.1, 0.15) is 5.69 Å². The summed E-state index contributed by atoms with van der Waals surface area (Å²) in [5, 5.41) is 16.2. The molecular formula is C16H15N3O4S. The fourth-order valence-electron chi connectivity index (χ4n) is 1.95. The fraction of sp³-hybridized carbons (Fsp3) is 0.125. The van der Waals surface area contributed by atoms with E-state index in [9.17, 15) is 19.7 Å². The van der Waals surface area contributed by atoms with Crippen molar-refractivity contribution in [1.29, 1.82) is 0 Å². The molecule has 0 unspecified atom stereocenters. The summed E-state index contributed by atoms with van der Waals surface area (Å²) in [6.45, 7) is 1.41. The van der Waals surface area contributed by atoms with E-state index in [1.165, 1.54) is 36.9 Å². The Hall–Kier alpha value is -2.87. The lowest BCUT2D eigenvalue weighted by Gasteiger charge is -2.09. The Bertz CT molecular complexity index is 779. The Balaban J connectivity index is 2.02. The molecule has 2 N–H and O–H groups in total. The molecule has 0 spiro atoms. The van der Waals surface area contributed by atoms with Crippen molar-refractivity contribution < 1.29 is 14.5 Å². The lowest BCUT2D eigenvalue weighted by atomic mass is 10.2. The number of nitrogens with one attached hydrogen (secondary N) is 2. The minimum Gasteiger partial charge on any atom is -0.325 e. The van der Waals surface area contributed by atoms with E-state index in [0.29, 0.717) is 5.69 Å². The molecule has 0 bridgehead atoms. The van der Waals surface area contributed by atoms with Gasteiger partial charge in [-0.2, -0.15) is 0 Å². The van der Waals surface area contributed by atoms with E-state index >= 15 is 0 Å². The summed E-state index contributed by atoms with van der Waals surface area (Å²) in [5.74, 6) is -0.512. The first-order chi connectivity index (χ1) is 11.5. The number of para-hydroxylation sites is 3. The maximum Gasteiger partial charge on any atom is 0.292 e. The van der Waals surface area contributed by atoms with Gasteiger partial charge in [-0.15, -0.1) is 11.8 Å². The molecule has 8 heteroatoms. The van der Waals surface area contributed by atoms with Crippen molar-refractivity contribution in [1.82, 2.24) is 0 Å². The summed E-state index contributed by atoms with van der Waals surface area (Å²) >= 11 is 1.23. The second kappa shape index (κ2) is 8.11. The van der Waals surface area contributed by atoms with Crippen LogP contribution in [0.25, 0.3) is 0 Å². The first kappa shape index (κ1) is 17.5. The SMILES string of the molecule is CC(=O)Nc1ccccc1SCC(=O)Nc1ccccc1[N+](=O)[O-]. The van der Waals surface area contributed by atoms with Gasteiger partial charge in [-0.1, -0.05) is 24.3 Å². The number of thioether (sulfide) groups is 1. The maximum absolute atomic E-state index is 12.1. The highest BCUT2D eigenvalue weighted by Gasteiger charge is 2.15. The van der Waals surface area contributed by atoms with Crippen molar-refractivity contribution in [2.75, 3.05) is 16.4 Å². The average molecular weight is 345 g/mol.